The molecule has 0 aliphatic heterocycles. The quantitative estimate of drug-likeness (QED) is 0.665. The number of nitrogens with one attached hydrogen (secondary N) is 1. The molecule has 0 bridgehead atoms. The van der Waals surface area contributed by atoms with Gasteiger partial charge in [-0.25, -0.2) is 0 Å². The summed E-state index contributed by atoms with van der Waals surface area (Å²) in [4.78, 5) is 2.63. The van der Waals surface area contributed by atoms with Crippen LogP contribution >= 0.6 is 0 Å². The first-order valence-corrected chi connectivity index (χ1v) is 7.37. The van der Waals surface area contributed by atoms with E-state index in [0.717, 1.165) is 12.5 Å². The Morgan fingerprint density at radius 2 is 1.59 bits per heavy atom. The fourth-order valence-corrected chi connectivity index (χ4v) is 2.44. The van der Waals surface area contributed by atoms with E-state index in [4.69, 9.17) is 0 Å². The van der Waals surface area contributed by atoms with Crippen molar-refractivity contribution in [3.8, 4) is 0 Å². The van der Waals surface area contributed by atoms with E-state index in [0.29, 0.717) is 18.1 Å². The third-order valence-corrected chi connectivity index (χ3v) is 3.24. The van der Waals surface area contributed by atoms with E-state index in [9.17, 15) is 0 Å². The van der Waals surface area contributed by atoms with E-state index in [-0.39, 0.29) is 0 Å². The van der Waals surface area contributed by atoms with Crippen molar-refractivity contribution < 1.29 is 0 Å². The van der Waals surface area contributed by atoms with Crippen molar-refractivity contribution in [3.05, 3.63) is 0 Å². The van der Waals surface area contributed by atoms with Crippen molar-refractivity contribution in [2.75, 3.05) is 13.1 Å². The van der Waals surface area contributed by atoms with Gasteiger partial charge in [0.15, 0.2) is 0 Å². The van der Waals surface area contributed by atoms with Crippen LogP contribution in [-0.4, -0.2) is 36.1 Å². The summed E-state index contributed by atoms with van der Waals surface area (Å²) in [6.45, 7) is 18.5. The van der Waals surface area contributed by atoms with Gasteiger partial charge >= 0.3 is 0 Å². The minimum Gasteiger partial charge on any atom is -0.314 e. The van der Waals surface area contributed by atoms with E-state index < -0.39 is 0 Å². The highest BCUT2D eigenvalue weighted by molar-refractivity contribution is 4.76. The maximum atomic E-state index is 3.58. The van der Waals surface area contributed by atoms with Crippen LogP contribution in [0.4, 0.5) is 0 Å². The van der Waals surface area contributed by atoms with Crippen LogP contribution in [0.3, 0.4) is 0 Å². The average Bonchev–Trinajstić information content (AvgIpc) is 2.22. The number of nitrogens with zero attached hydrogens (tertiary/aromatic N) is 1. The van der Waals surface area contributed by atoms with Gasteiger partial charge in [0, 0.05) is 24.7 Å². The second-order valence-electron chi connectivity index (χ2n) is 6.12. The van der Waals surface area contributed by atoms with E-state index in [2.05, 4.69) is 58.7 Å². The number of rotatable bonds is 9. The molecule has 2 nitrogen and oxygen atoms in total. The molecule has 0 radical (unpaired) electrons. The van der Waals surface area contributed by atoms with Gasteiger partial charge in [-0.2, -0.15) is 0 Å². The van der Waals surface area contributed by atoms with Crippen LogP contribution in [0, 0.1) is 5.92 Å². The number of hydrogen-bond acceptors (Lipinski definition) is 2. The Kier molecular flexibility index (Phi) is 8.89. The summed E-state index contributed by atoms with van der Waals surface area (Å²) in [6.07, 6.45) is 2.46. The normalized spacial score (nSPS) is 15.9. The molecule has 2 atom stereocenters. The minimum absolute atomic E-state index is 0.623. The predicted molar refractivity (Wildman–Crippen MR) is 78.5 cm³/mol. The lowest BCUT2D eigenvalue weighted by Crippen LogP contribution is -2.44. The summed E-state index contributed by atoms with van der Waals surface area (Å²) in [7, 11) is 0. The lowest BCUT2D eigenvalue weighted by molar-refractivity contribution is 0.131. The molecule has 0 aliphatic carbocycles. The van der Waals surface area contributed by atoms with Crippen LogP contribution in [0.25, 0.3) is 0 Å². The summed E-state index contributed by atoms with van der Waals surface area (Å²) in [5.74, 6) is 0.749. The standard InChI is InChI=1S/C15H34N2/c1-8-9-16-14(6)10-15(7)17(13(4)5)11-12(2)3/h12-16H,8-11H2,1-7H3. The van der Waals surface area contributed by atoms with Crippen LogP contribution < -0.4 is 5.32 Å². The fourth-order valence-electron chi connectivity index (χ4n) is 2.44. The first-order valence-electron chi connectivity index (χ1n) is 7.37. The molecule has 0 saturated heterocycles. The molecular formula is C15H34N2. The van der Waals surface area contributed by atoms with Gasteiger partial charge in [-0.15, -0.1) is 0 Å². The second-order valence-corrected chi connectivity index (χ2v) is 6.12. The van der Waals surface area contributed by atoms with Crippen LogP contribution in [0.1, 0.15) is 61.3 Å². The molecule has 0 rings (SSSR count). The zero-order valence-corrected chi connectivity index (χ0v) is 13.1. The monoisotopic (exact) mass is 242 g/mol. The molecule has 0 spiro atoms. The van der Waals surface area contributed by atoms with Crippen molar-refractivity contribution in [1.82, 2.24) is 10.2 Å². The highest BCUT2D eigenvalue weighted by atomic mass is 15.2. The lowest BCUT2D eigenvalue weighted by Gasteiger charge is -2.35. The molecule has 0 saturated carbocycles. The molecule has 0 heterocycles. The average molecular weight is 242 g/mol. The van der Waals surface area contributed by atoms with Crippen molar-refractivity contribution in [1.29, 1.82) is 0 Å². The van der Waals surface area contributed by atoms with Crippen molar-refractivity contribution >= 4 is 0 Å². The Labute approximate surface area is 109 Å². The van der Waals surface area contributed by atoms with Crippen molar-refractivity contribution in [2.45, 2.75) is 79.4 Å². The maximum Gasteiger partial charge on any atom is 0.00844 e. The summed E-state index contributed by atoms with van der Waals surface area (Å²) in [5, 5.41) is 3.58. The van der Waals surface area contributed by atoms with Crippen molar-refractivity contribution in [2.24, 2.45) is 5.92 Å². The molecule has 0 aromatic carbocycles. The summed E-state index contributed by atoms with van der Waals surface area (Å²) in [6, 6.07) is 1.93. The van der Waals surface area contributed by atoms with Gasteiger partial charge in [0.2, 0.25) is 0 Å². The molecule has 0 amide bonds. The molecule has 0 fully saturated rings. The fraction of sp³-hybridized carbons (Fsp3) is 1.00. The first kappa shape index (κ1) is 16.9. The summed E-state index contributed by atoms with van der Waals surface area (Å²) >= 11 is 0. The Bertz CT molecular complexity index is 178. The zero-order chi connectivity index (χ0) is 13.4. The van der Waals surface area contributed by atoms with E-state index >= 15 is 0 Å². The molecule has 0 aromatic heterocycles. The lowest BCUT2D eigenvalue weighted by atomic mass is 10.0. The molecule has 104 valence electrons. The Morgan fingerprint density at radius 3 is 2.00 bits per heavy atom. The highest BCUT2D eigenvalue weighted by Gasteiger charge is 2.19. The van der Waals surface area contributed by atoms with E-state index in [1.165, 1.54) is 19.4 Å². The van der Waals surface area contributed by atoms with Gasteiger partial charge in [0.25, 0.3) is 0 Å². The highest BCUT2D eigenvalue weighted by Crippen LogP contribution is 2.13. The largest absolute Gasteiger partial charge is 0.314 e. The Balaban J connectivity index is 4.17. The van der Waals surface area contributed by atoms with Crippen LogP contribution in [0.2, 0.25) is 0 Å². The molecule has 17 heavy (non-hydrogen) atoms. The second kappa shape index (κ2) is 8.93. The maximum absolute atomic E-state index is 3.58. The van der Waals surface area contributed by atoms with Gasteiger partial charge in [-0.1, -0.05) is 20.8 Å². The van der Waals surface area contributed by atoms with Gasteiger partial charge in [-0.3, -0.25) is 4.90 Å². The number of hydrogen-bond donors (Lipinski definition) is 1. The van der Waals surface area contributed by atoms with Gasteiger partial charge in [-0.05, 0) is 53.0 Å². The van der Waals surface area contributed by atoms with E-state index in [1.54, 1.807) is 0 Å². The predicted octanol–water partition coefficient (Wildman–Crippen LogP) is 3.52. The minimum atomic E-state index is 0.623. The smallest absolute Gasteiger partial charge is 0.00844 e. The van der Waals surface area contributed by atoms with Crippen LogP contribution in [0.15, 0.2) is 0 Å². The molecule has 2 heteroatoms. The SMILES string of the molecule is CCCNC(C)CC(C)N(CC(C)C)C(C)C. The Hall–Kier alpha value is -0.0800. The molecule has 2 unspecified atom stereocenters. The van der Waals surface area contributed by atoms with Crippen molar-refractivity contribution in [3.63, 3.8) is 0 Å². The first-order chi connectivity index (χ1) is 7.88. The Morgan fingerprint density at radius 1 is 1.00 bits per heavy atom. The van der Waals surface area contributed by atoms with Crippen LogP contribution in [-0.2, 0) is 0 Å². The van der Waals surface area contributed by atoms with E-state index in [1.807, 2.05) is 0 Å². The summed E-state index contributed by atoms with van der Waals surface area (Å²) < 4.78 is 0. The summed E-state index contributed by atoms with van der Waals surface area (Å²) in [5.41, 5.74) is 0. The zero-order valence-electron chi connectivity index (χ0n) is 13.1. The molecule has 0 aromatic rings. The molecular weight excluding hydrogens is 208 g/mol. The topological polar surface area (TPSA) is 15.3 Å². The molecule has 1 N–H and O–H groups in total. The third kappa shape index (κ3) is 7.77. The van der Waals surface area contributed by atoms with Gasteiger partial charge in [0.1, 0.15) is 0 Å². The van der Waals surface area contributed by atoms with Crippen LogP contribution in [0.5, 0.6) is 0 Å². The third-order valence-electron chi connectivity index (χ3n) is 3.24. The van der Waals surface area contributed by atoms with Gasteiger partial charge in [0.05, 0.1) is 0 Å². The van der Waals surface area contributed by atoms with Gasteiger partial charge < -0.3 is 5.32 Å². The molecule has 0 aliphatic rings.